The first kappa shape index (κ1) is 12.3. The van der Waals surface area contributed by atoms with E-state index < -0.39 is 10.0 Å². The molecule has 92 valence electrons. The molecule has 7 heteroatoms. The van der Waals surface area contributed by atoms with Crippen LogP contribution in [0.2, 0.25) is 5.02 Å². The molecule has 0 atom stereocenters. The Bertz CT molecular complexity index is 567. The van der Waals surface area contributed by atoms with E-state index in [1.165, 1.54) is 18.2 Å². The van der Waals surface area contributed by atoms with Gasteiger partial charge in [0.25, 0.3) is 0 Å². The van der Waals surface area contributed by atoms with Gasteiger partial charge in [0.2, 0.25) is 15.9 Å². The van der Waals surface area contributed by atoms with E-state index in [0.717, 1.165) is 12.8 Å². The van der Waals surface area contributed by atoms with E-state index in [4.69, 9.17) is 16.7 Å². The molecule has 0 aromatic heterocycles. The summed E-state index contributed by atoms with van der Waals surface area (Å²) >= 11 is 5.78. The molecule has 2 rings (SSSR count). The van der Waals surface area contributed by atoms with Gasteiger partial charge in [0.1, 0.15) is 4.90 Å². The van der Waals surface area contributed by atoms with Gasteiger partial charge < -0.3 is 5.32 Å². The van der Waals surface area contributed by atoms with Crippen molar-refractivity contribution < 1.29 is 13.2 Å². The highest BCUT2D eigenvalue weighted by molar-refractivity contribution is 7.89. The van der Waals surface area contributed by atoms with E-state index in [-0.39, 0.29) is 21.7 Å². The molecule has 3 N–H and O–H groups in total. The molecule has 0 heterocycles. The molecule has 17 heavy (non-hydrogen) atoms. The van der Waals surface area contributed by atoms with Gasteiger partial charge in [0, 0.05) is 11.6 Å². The summed E-state index contributed by atoms with van der Waals surface area (Å²) in [7, 11) is -3.83. The van der Waals surface area contributed by atoms with Crippen molar-refractivity contribution in [1.82, 2.24) is 0 Å². The summed E-state index contributed by atoms with van der Waals surface area (Å²) in [6.07, 6.45) is 1.80. The number of hydrogen-bond donors (Lipinski definition) is 2. The van der Waals surface area contributed by atoms with Crippen molar-refractivity contribution in [3.8, 4) is 0 Å². The minimum atomic E-state index is -3.83. The quantitative estimate of drug-likeness (QED) is 0.871. The second kappa shape index (κ2) is 4.29. The Morgan fingerprint density at radius 2 is 2.06 bits per heavy atom. The van der Waals surface area contributed by atoms with Gasteiger partial charge in [0.15, 0.2) is 0 Å². The summed E-state index contributed by atoms with van der Waals surface area (Å²) in [6, 6.07) is 4.12. The van der Waals surface area contributed by atoms with E-state index in [2.05, 4.69) is 5.32 Å². The molecule has 0 unspecified atom stereocenters. The number of nitrogens with one attached hydrogen (secondary N) is 1. The number of hydrogen-bond acceptors (Lipinski definition) is 3. The molecule has 1 aliphatic carbocycles. The molecule has 0 bridgehead atoms. The Labute approximate surface area is 104 Å². The summed E-state index contributed by atoms with van der Waals surface area (Å²) in [5.41, 5.74) is 0.472. The largest absolute Gasteiger partial charge is 0.326 e. The van der Waals surface area contributed by atoms with Gasteiger partial charge in [-0.3, -0.25) is 4.79 Å². The molecule has 0 saturated heterocycles. The Balaban J connectivity index is 2.21. The third kappa shape index (κ3) is 2.96. The van der Waals surface area contributed by atoms with Crippen LogP contribution in [0.1, 0.15) is 12.8 Å². The average molecular weight is 275 g/mol. The number of amides is 1. The molecular weight excluding hydrogens is 264 g/mol. The zero-order valence-electron chi connectivity index (χ0n) is 8.81. The molecule has 1 aromatic rings. The van der Waals surface area contributed by atoms with Crippen molar-refractivity contribution in [2.75, 3.05) is 5.32 Å². The topological polar surface area (TPSA) is 89.3 Å². The highest BCUT2D eigenvalue weighted by Gasteiger charge is 2.29. The second-order valence-electron chi connectivity index (χ2n) is 3.95. The van der Waals surface area contributed by atoms with Gasteiger partial charge >= 0.3 is 0 Å². The lowest BCUT2D eigenvalue weighted by molar-refractivity contribution is -0.117. The summed E-state index contributed by atoms with van der Waals surface area (Å²) in [5.74, 6) is 0.0103. The van der Waals surface area contributed by atoms with E-state index in [1.54, 1.807) is 0 Å². The van der Waals surface area contributed by atoms with Gasteiger partial charge in [-0.25, -0.2) is 13.6 Å². The van der Waals surface area contributed by atoms with Crippen molar-refractivity contribution in [3.05, 3.63) is 23.2 Å². The van der Waals surface area contributed by atoms with E-state index >= 15 is 0 Å². The number of benzene rings is 1. The van der Waals surface area contributed by atoms with Gasteiger partial charge in [-0.2, -0.15) is 0 Å². The normalized spacial score (nSPS) is 15.6. The molecule has 1 amide bonds. The monoisotopic (exact) mass is 274 g/mol. The van der Waals surface area contributed by atoms with Gasteiger partial charge in [-0.15, -0.1) is 0 Å². The van der Waals surface area contributed by atoms with Gasteiger partial charge in [-0.05, 0) is 31.0 Å². The fourth-order valence-electron chi connectivity index (χ4n) is 1.40. The number of rotatable bonds is 3. The molecule has 1 saturated carbocycles. The van der Waals surface area contributed by atoms with Crippen LogP contribution < -0.4 is 10.5 Å². The number of primary sulfonamides is 1. The Morgan fingerprint density at radius 3 is 2.53 bits per heavy atom. The molecule has 5 nitrogen and oxygen atoms in total. The van der Waals surface area contributed by atoms with Crippen LogP contribution >= 0.6 is 11.6 Å². The predicted molar refractivity (Wildman–Crippen MR) is 64.2 cm³/mol. The SMILES string of the molecule is NS(=O)(=O)c1ccc(NC(=O)C2CC2)cc1Cl. The highest BCUT2D eigenvalue weighted by atomic mass is 35.5. The number of halogens is 1. The van der Waals surface area contributed by atoms with Crippen LogP contribution in [0.3, 0.4) is 0 Å². The first-order chi connectivity index (χ1) is 7.88. The summed E-state index contributed by atoms with van der Waals surface area (Å²) in [5, 5.41) is 7.63. The number of anilines is 1. The van der Waals surface area contributed by atoms with Crippen molar-refractivity contribution in [3.63, 3.8) is 0 Å². The third-order valence-corrected chi connectivity index (χ3v) is 3.85. The standard InChI is InChI=1S/C10H11ClN2O3S/c11-8-5-7(13-10(14)6-1-2-6)3-4-9(8)17(12,15)16/h3-6H,1-2H2,(H,13,14)(H2,12,15,16). The van der Waals surface area contributed by atoms with Gasteiger partial charge in [0.05, 0.1) is 5.02 Å². The van der Waals surface area contributed by atoms with E-state index in [1.807, 2.05) is 0 Å². The van der Waals surface area contributed by atoms with Crippen LogP contribution in [0.4, 0.5) is 5.69 Å². The minimum absolute atomic E-state index is 0.00102. The lowest BCUT2D eigenvalue weighted by Gasteiger charge is -2.07. The van der Waals surface area contributed by atoms with Crippen LogP contribution in [0, 0.1) is 5.92 Å². The average Bonchev–Trinajstić information content (AvgIpc) is 2.98. The molecule has 0 aliphatic heterocycles. The van der Waals surface area contributed by atoms with Crippen molar-refractivity contribution in [2.24, 2.45) is 11.1 Å². The maximum absolute atomic E-state index is 11.5. The van der Waals surface area contributed by atoms with Crippen molar-refractivity contribution in [2.45, 2.75) is 17.7 Å². The minimum Gasteiger partial charge on any atom is -0.326 e. The highest BCUT2D eigenvalue weighted by Crippen LogP contribution is 2.31. The lowest BCUT2D eigenvalue weighted by Crippen LogP contribution is -2.15. The van der Waals surface area contributed by atoms with E-state index in [9.17, 15) is 13.2 Å². The molecule has 1 aromatic carbocycles. The number of nitrogens with two attached hydrogens (primary N) is 1. The fraction of sp³-hybridized carbons (Fsp3) is 0.300. The summed E-state index contributed by atoms with van der Waals surface area (Å²) < 4.78 is 22.2. The zero-order valence-corrected chi connectivity index (χ0v) is 10.4. The summed E-state index contributed by atoms with van der Waals surface area (Å²) in [4.78, 5) is 11.3. The predicted octanol–water partition coefficient (Wildman–Crippen LogP) is 1.34. The first-order valence-corrected chi connectivity index (χ1v) is 6.93. The molecule has 0 spiro atoms. The van der Waals surface area contributed by atoms with Gasteiger partial charge in [-0.1, -0.05) is 11.6 Å². The molecular formula is C10H11ClN2O3S. The molecule has 1 aliphatic rings. The zero-order chi connectivity index (χ0) is 12.6. The smallest absolute Gasteiger partial charge is 0.239 e. The Hall–Kier alpha value is -1.11. The van der Waals surface area contributed by atoms with Crippen LogP contribution in [-0.2, 0) is 14.8 Å². The van der Waals surface area contributed by atoms with Crippen LogP contribution in [-0.4, -0.2) is 14.3 Å². The van der Waals surface area contributed by atoms with E-state index in [0.29, 0.717) is 5.69 Å². The Morgan fingerprint density at radius 1 is 1.41 bits per heavy atom. The maximum Gasteiger partial charge on any atom is 0.239 e. The van der Waals surface area contributed by atoms with Crippen molar-refractivity contribution >= 4 is 33.2 Å². The maximum atomic E-state index is 11.5. The first-order valence-electron chi connectivity index (χ1n) is 5.01. The fourth-order valence-corrected chi connectivity index (χ4v) is 2.49. The van der Waals surface area contributed by atoms with Crippen LogP contribution in [0.5, 0.6) is 0 Å². The lowest BCUT2D eigenvalue weighted by atomic mass is 10.3. The molecule has 1 fully saturated rings. The Kier molecular flexibility index (Phi) is 3.11. The molecule has 0 radical (unpaired) electrons. The number of carbonyl (C=O) groups is 1. The summed E-state index contributed by atoms with van der Waals surface area (Å²) in [6.45, 7) is 0. The number of sulfonamides is 1. The number of carbonyl (C=O) groups excluding carboxylic acids is 1. The van der Waals surface area contributed by atoms with Crippen LogP contribution in [0.15, 0.2) is 23.1 Å². The van der Waals surface area contributed by atoms with Crippen LogP contribution in [0.25, 0.3) is 0 Å². The van der Waals surface area contributed by atoms with Crippen molar-refractivity contribution in [1.29, 1.82) is 0 Å². The third-order valence-electron chi connectivity index (χ3n) is 2.45. The second-order valence-corrected chi connectivity index (χ2v) is 5.89.